The van der Waals surface area contributed by atoms with Gasteiger partial charge in [-0.1, -0.05) is 36.1 Å². The average Bonchev–Trinajstić information content (AvgIpc) is 2.28. The Morgan fingerprint density at radius 1 is 1.33 bits per heavy atom. The summed E-state index contributed by atoms with van der Waals surface area (Å²) >= 11 is 0. The smallest absolute Gasteiger partial charge is 0.115 e. The van der Waals surface area contributed by atoms with Crippen LogP contribution in [0.1, 0.15) is 24.8 Å². The van der Waals surface area contributed by atoms with E-state index in [9.17, 15) is 5.11 Å². The number of allylic oxidation sites excluding steroid dienone is 1. The second-order valence-corrected chi connectivity index (χ2v) is 3.37. The van der Waals surface area contributed by atoms with Crippen molar-refractivity contribution in [1.82, 2.24) is 0 Å². The maximum atomic E-state index is 9.53. The zero-order chi connectivity index (χ0) is 10.9. The SMILES string of the molecule is C=CCCC[C@H](O)C#Cc1ccccc1. The molecule has 1 aromatic carbocycles. The van der Waals surface area contributed by atoms with Crippen LogP contribution in [0.2, 0.25) is 0 Å². The van der Waals surface area contributed by atoms with Crippen molar-refractivity contribution < 1.29 is 5.11 Å². The highest BCUT2D eigenvalue weighted by Gasteiger charge is 1.96. The lowest BCUT2D eigenvalue weighted by Gasteiger charge is -2.00. The maximum absolute atomic E-state index is 9.53. The number of hydrogen-bond acceptors (Lipinski definition) is 1. The van der Waals surface area contributed by atoms with Gasteiger partial charge in [-0.25, -0.2) is 0 Å². The van der Waals surface area contributed by atoms with Gasteiger partial charge in [0.15, 0.2) is 0 Å². The van der Waals surface area contributed by atoms with Gasteiger partial charge in [0, 0.05) is 5.56 Å². The van der Waals surface area contributed by atoms with Crippen LogP contribution in [-0.2, 0) is 0 Å². The molecule has 0 bridgehead atoms. The van der Waals surface area contributed by atoms with Crippen molar-refractivity contribution in [2.45, 2.75) is 25.4 Å². The Morgan fingerprint density at radius 3 is 2.73 bits per heavy atom. The van der Waals surface area contributed by atoms with E-state index in [1.54, 1.807) is 0 Å². The lowest BCUT2D eigenvalue weighted by Crippen LogP contribution is -2.01. The molecule has 1 heteroatoms. The van der Waals surface area contributed by atoms with Gasteiger partial charge in [0.2, 0.25) is 0 Å². The molecule has 1 nitrogen and oxygen atoms in total. The molecule has 0 aliphatic heterocycles. The summed E-state index contributed by atoms with van der Waals surface area (Å²) in [5, 5.41) is 9.53. The molecule has 1 aromatic rings. The van der Waals surface area contributed by atoms with Crippen molar-refractivity contribution in [3.63, 3.8) is 0 Å². The van der Waals surface area contributed by atoms with Gasteiger partial charge in [0.25, 0.3) is 0 Å². The zero-order valence-electron chi connectivity index (χ0n) is 8.82. The minimum Gasteiger partial charge on any atom is -0.380 e. The van der Waals surface area contributed by atoms with Crippen LogP contribution >= 0.6 is 0 Å². The molecule has 0 aliphatic carbocycles. The Morgan fingerprint density at radius 2 is 2.07 bits per heavy atom. The summed E-state index contributed by atoms with van der Waals surface area (Å²) in [5.41, 5.74) is 0.945. The molecule has 78 valence electrons. The van der Waals surface area contributed by atoms with E-state index in [2.05, 4.69) is 18.4 Å². The number of unbranched alkanes of at least 4 members (excludes halogenated alkanes) is 1. The highest BCUT2D eigenvalue weighted by Crippen LogP contribution is 2.01. The normalized spacial score (nSPS) is 11.3. The molecule has 0 fully saturated rings. The largest absolute Gasteiger partial charge is 0.380 e. The molecule has 1 N–H and O–H groups in total. The fourth-order valence-electron chi connectivity index (χ4n) is 1.22. The van der Waals surface area contributed by atoms with Crippen molar-refractivity contribution >= 4 is 0 Å². The summed E-state index contributed by atoms with van der Waals surface area (Å²) in [6.45, 7) is 3.63. The molecule has 0 unspecified atom stereocenters. The number of benzene rings is 1. The van der Waals surface area contributed by atoms with Crippen LogP contribution in [0.25, 0.3) is 0 Å². The van der Waals surface area contributed by atoms with E-state index in [0.717, 1.165) is 18.4 Å². The highest BCUT2D eigenvalue weighted by atomic mass is 16.3. The minimum atomic E-state index is -0.523. The molecule has 0 aromatic heterocycles. The predicted molar refractivity (Wildman–Crippen MR) is 63.4 cm³/mol. The van der Waals surface area contributed by atoms with Crippen LogP contribution in [0.15, 0.2) is 43.0 Å². The maximum Gasteiger partial charge on any atom is 0.115 e. The second-order valence-electron chi connectivity index (χ2n) is 3.37. The Labute approximate surface area is 91.5 Å². The van der Waals surface area contributed by atoms with E-state index in [4.69, 9.17) is 0 Å². The minimum absolute atomic E-state index is 0.523. The van der Waals surface area contributed by atoms with E-state index < -0.39 is 6.10 Å². The van der Waals surface area contributed by atoms with Gasteiger partial charge in [0.1, 0.15) is 6.10 Å². The number of rotatable bonds is 4. The first kappa shape index (κ1) is 11.6. The monoisotopic (exact) mass is 200 g/mol. The molecule has 1 rings (SSSR count). The lowest BCUT2D eigenvalue weighted by atomic mass is 10.1. The third-order valence-electron chi connectivity index (χ3n) is 2.04. The lowest BCUT2D eigenvalue weighted by molar-refractivity contribution is 0.219. The molecular weight excluding hydrogens is 184 g/mol. The molecule has 0 heterocycles. The zero-order valence-corrected chi connectivity index (χ0v) is 8.82. The fraction of sp³-hybridized carbons (Fsp3) is 0.286. The van der Waals surface area contributed by atoms with Crippen molar-refractivity contribution in [1.29, 1.82) is 0 Å². The topological polar surface area (TPSA) is 20.2 Å². The van der Waals surface area contributed by atoms with Crippen molar-refractivity contribution in [3.8, 4) is 11.8 Å². The molecule has 0 radical (unpaired) electrons. The number of aliphatic hydroxyl groups excluding tert-OH is 1. The first-order chi connectivity index (χ1) is 7.33. The van der Waals surface area contributed by atoms with Crippen molar-refractivity contribution in [3.05, 3.63) is 48.6 Å². The summed E-state index contributed by atoms with van der Waals surface area (Å²) in [4.78, 5) is 0. The van der Waals surface area contributed by atoms with Crippen molar-refractivity contribution in [2.24, 2.45) is 0 Å². The van der Waals surface area contributed by atoms with Gasteiger partial charge in [0.05, 0.1) is 0 Å². The van der Waals surface area contributed by atoms with Crippen LogP contribution in [0.5, 0.6) is 0 Å². The molecule has 15 heavy (non-hydrogen) atoms. The average molecular weight is 200 g/mol. The number of aliphatic hydroxyl groups is 1. The van der Waals surface area contributed by atoms with E-state index in [0.29, 0.717) is 6.42 Å². The summed E-state index contributed by atoms with van der Waals surface area (Å²) in [6, 6.07) is 9.70. The van der Waals surface area contributed by atoms with Crippen LogP contribution < -0.4 is 0 Å². The highest BCUT2D eigenvalue weighted by molar-refractivity contribution is 5.34. The predicted octanol–water partition coefficient (Wildman–Crippen LogP) is 2.76. The Hall–Kier alpha value is -1.52. The Kier molecular flexibility index (Phi) is 5.29. The van der Waals surface area contributed by atoms with Crippen LogP contribution in [0, 0.1) is 11.8 Å². The fourth-order valence-corrected chi connectivity index (χ4v) is 1.22. The third kappa shape index (κ3) is 5.05. The first-order valence-corrected chi connectivity index (χ1v) is 5.18. The standard InChI is InChI=1S/C14H16O/c1-2-3-5-10-14(15)12-11-13-8-6-4-7-9-13/h2,4,6-9,14-15H,1,3,5,10H2/t14-/m0/s1. The second kappa shape index (κ2) is 6.86. The molecule has 0 spiro atoms. The van der Waals surface area contributed by atoms with Gasteiger partial charge in [-0.3, -0.25) is 0 Å². The quantitative estimate of drug-likeness (QED) is 0.450. The van der Waals surface area contributed by atoms with Gasteiger partial charge in [-0.2, -0.15) is 0 Å². The molecule has 0 amide bonds. The summed E-state index contributed by atoms with van der Waals surface area (Å²) in [6.07, 6.45) is 3.92. The van der Waals surface area contributed by atoms with Crippen LogP contribution in [0.3, 0.4) is 0 Å². The molecule has 0 saturated carbocycles. The van der Waals surface area contributed by atoms with Crippen molar-refractivity contribution in [2.75, 3.05) is 0 Å². The molecule has 1 atom stereocenters. The molecule has 0 saturated heterocycles. The van der Waals surface area contributed by atoms with Crippen LogP contribution in [-0.4, -0.2) is 11.2 Å². The van der Waals surface area contributed by atoms with Gasteiger partial charge in [-0.15, -0.1) is 6.58 Å². The Bertz CT molecular complexity index is 343. The molecular formula is C14H16O. The Balaban J connectivity index is 2.40. The van der Waals surface area contributed by atoms with E-state index in [1.165, 1.54) is 0 Å². The first-order valence-electron chi connectivity index (χ1n) is 5.18. The summed E-state index contributed by atoms with van der Waals surface area (Å²) < 4.78 is 0. The molecule has 0 aliphatic rings. The number of hydrogen-bond donors (Lipinski definition) is 1. The van der Waals surface area contributed by atoms with E-state index in [-0.39, 0.29) is 0 Å². The van der Waals surface area contributed by atoms with Crippen LogP contribution in [0.4, 0.5) is 0 Å². The van der Waals surface area contributed by atoms with Gasteiger partial charge < -0.3 is 5.11 Å². The third-order valence-corrected chi connectivity index (χ3v) is 2.04. The van der Waals surface area contributed by atoms with Gasteiger partial charge in [-0.05, 0) is 31.4 Å². The summed E-state index contributed by atoms with van der Waals surface area (Å²) in [5.74, 6) is 5.77. The van der Waals surface area contributed by atoms with Gasteiger partial charge >= 0.3 is 0 Å². The van der Waals surface area contributed by atoms with E-state index >= 15 is 0 Å². The summed E-state index contributed by atoms with van der Waals surface area (Å²) in [7, 11) is 0. The van der Waals surface area contributed by atoms with E-state index in [1.807, 2.05) is 36.4 Å².